The van der Waals surface area contributed by atoms with Crippen molar-refractivity contribution in [2.75, 3.05) is 0 Å². The van der Waals surface area contributed by atoms with Crippen LogP contribution in [0, 0.1) is 5.41 Å². The molecule has 7 nitrogen and oxygen atoms in total. The lowest BCUT2D eigenvalue weighted by Gasteiger charge is -2.14. The summed E-state index contributed by atoms with van der Waals surface area (Å²) >= 11 is 0. The van der Waals surface area contributed by atoms with Crippen LogP contribution in [-0.2, 0) is 6.54 Å². The lowest BCUT2D eigenvalue weighted by atomic mass is 10.0. The van der Waals surface area contributed by atoms with E-state index in [0.717, 1.165) is 21.7 Å². The Balaban J connectivity index is 1.67. The topological polar surface area (TPSA) is 114 Å². The van der Waals surface area contributed by atoms with E-state index >= 15 is 0 Å². The highest BCUT2D eigenvalue weighted by atomic mass is 16.5. The maximum Gasteiger partial charge on any atom is 0.352 e. The van der Waals surface area contributed by atoms with E-state index in [9.17, 15) is 9.90 Å². The first-order valence-electron chi connectivity index (χ1n) is 10.3. The molecule has 0 amide bonds. The third-order valence-corrected chi connectivity index (χ3v) is 5.55. The quantitative estimate of drug-likeness (QED) is 0.256. The molecule has 0 aliphatic rings. The van der Waals surface area contributed by atoms with Gasteiger partial charge in [0.2, 0.25) is 0 Å². The first kappa shape index (κ1) is 20.3. The number of aromatic nitrogens is 2. The van der Waals surface area contributed by atoms with Crippen LogP contribution in [0.2, 0.25) is 0 Å². The van der Waals surface area contributed by atoms with Crippen molar-refractivity contribution in [2.24, 2.45) is 5.73 Å². The number of fused-ring (bicyclic) bond motifs is 2. The Morgan fingerprint density at radius 2 is 1.85 bits per heavy atom. The number of ether oxygens (including phenoxy) is 1. The average Bonchev–Trinajstić information content (AvgIpc) is 3.18. The number of nitrogens with one attached hydrogen (secondary N) is 1. The van der Waals surface area contributed by atoms with E-state index in [4.69, 9.17) is 15.9 Å². The second-order valence-corrected chi connectivity index (χ2v) is 7.70. The number of carbonyl (C=O) groups is 1. The SMILES string of the molecule is N=C(N)c1ccc2cc(C(=O)O)n(Cc3cc(Oc4cccnc4)cc4ccccc34)c2c1. The number of pyridine rings is 1. The second-order valence-electron chi connectivity index (χ2n) is 7.70. The molecular formula is C26H20N4O3. The number of nitrogen functional groups attached to an aromatic ring is 1. The van der Waals surface area contributed by atoms with Crippen LogP contribution >= 0.6 is 0 Å². The summed E-state index contributed by atoms with van der Waals surface area (Å²) in [5, 5.41) is 20.4. The van der Waals surface area contributed by atoms with Gasteiger partial charge in [0.05, 0.1) is 6.20 Å². The van der Waals surface area contributed by atoms with Crippen LogP contribution in [0.4, 0.5) is 0 Å². The molecule has 2 heterocycles. The van der Waals surface area contributed by atoms with Crippen molar-refractivity contribution in [1.82, 2.24) is 9.55 Å². The number of nitrogens with two attached hydrogens (primary N) is 1. The van der Waals surface area contributed by atoms with Gasteiger partial charge in [-0.3, -0.25) is 10.4 Å². The molecule has 2 aromatic heterocycles. The number of carboxylic acids is 1. The monoisotopic (exact) mass is 436 g/mol. The fourth-order valence-electron chi connectivity index (χ4n) is 4.03. The molecule has 0 bridgehead atoms. The minimum Gasteiger partial charge on any atom is -0.477 e. The first-order chi connectivity index (χ1) is 16.0. The van der Waals surface area contributed by atoms with Crippen LogP contribution in [0.5, 0.6) is 11.5 Å². The van der Waals surface area contributed by atoms with Gasteiger partial charge in [-0.15, -0.1) is 0 Å². The number of hydrogen-bond acceptors (Lipinski definition) is 4. The number of carboxylic acid groups (broad SMARTS) is 1. The summed E-state index contributed by atoms with van der Waals surface area (Å²) in [6, 6.07) is 22.3. The fourth-order valence-corrected chi connectivity index (χ4v) is 4.03. The van der Waals surface area contributed by atoms with Gasteiger partial charge in [0.1, 0.15) is 23.0 Å². The molecular weight excluding hydrogens is 416 g/mol. The van der Waals surface area contributed by atoms with Crippen LogP contribution in [0.1, 0.15) is 21.6 Å². The van der Waals surface area contributed by atoms with Gasteiger partial charge in [0, 0.05) is 29.2 Å². The smallest absolute Gasteiger partial charge is 0.352 e. The number of benzene rings is 3. The molecule has 0 aliphatic heterocycles. The summed E-state index contributed by atoms with van der Waals surface area (Å²) in [5.41, 5.74) is 7.98. The Morgan fingerprint density at radius 1 is 1.00 bits per heavy atom. The van der Waals surface area contributed by atoms with Crippen molar-refractivity contribution in [1.29, 1.82) is 5.41 Å². The molecule has 0 fully saturated rings. The maximum atomic E-state index is 12.1. The lowest BCUT2D eigenvalue weighted by molar-refractivity contribution is 0.0686. The normalized spacial score (nSPS) is 11.0. The van der Waals surface area contributed by atoms with E-state index in [1.54, 1.807) is 47.3 Å². The molecule has 5 aromatic rings. The third-order valence-electron chi connectivity index (χ3n) is 5.55. The highest BCUT2D eigenvalue weighted by molar-refractivity contribution is 6.01. The predicted octanol–water partition coefficient (Wildman–Crippen LogP) is 5.01. The van der Waals surface area contributed by atoms with Crippen LogP contribution in [0.25, 0.3) is 21.7 Å². The zero-order valence-corrected chi connectivity index (χ0v) is 17.5. The molecule has 5 rings (SSSR count). The minimum atomic E-state index is -1.03. The Labute approximate surface area is 189 Å². The molecule has 0 saturated heterocycles. The molecule has 162 valence electrons. The van der Waals surface area contributed by atoms with Gasteiger partial charge in [-0.1, -0.05) is 36.4 Å². The van der Waals surface area contributed by atoms with E-state index in [1.807, 2.05) is 42.5 Å². The number of aromatic carboxylic acids is 1. The van der Waals surface area contributed by atoms with E-state index in [2.05, 4.69) is 4.98 Å². The largest absolute Gasteiger partial charge is 0.477 e. The Morgan fingerprint density at radius 3 is 2.61 bits per heavy atom. The molecule has 3 aromatic carbocycles. The van der Waals surface area contributed by atoms with Gasteiger partial charge in [0.15, 0.2) is 0 Å². The second kappa shape index (κ2) is 8.12. The van der Waals surface area contributed by atoms with Crippen molar-refractivity contribution in [3.05, 3.63) is 102 Å². The van der Waals surface area contributed by atoms with E-state index in [-0.39, 0.29) is 11.5 Å². The van der Waals surface area contributed by atoms with Crippen LogP contribution < -0.4 is 10.5 Å². The van der Waals surface area contributed by atoms with Crippen molar-refractivity contribution >= 4 is 33.5 Å². The van der Waals surface area contributed by atoms with Crippen molar-refractivity contribution in [3.8, 4) is 11.5 Å². The van der Waals surface area contributed by atoms with E-state index < -0.39 is 5.97 Å². The number of hydrogen-bond donors (Lipinski definition) is 3. The molecule has 7 heteroatoms. The summed E-state index contributed by atoms with van der Waals surface area (Å²) in [6.07, 6.45) is 3.32. The standard InChI is InChI=1S/C26H20N4O3/c27-25(28)18-8-7-17-12-24(26(31)32)30(23(17)13-18)15-19-11-21(33-20-5-3-9-29-14-20)10-16-4-1-2-6-22(16)19/h1-14H,15H2,(H3,27,28)(H,31,32). The number of rotatable bonds is 6. The molecule has 0 spiro atoms. The van der Waals surface area contributed by atoms with E-state index in [0.29, 0.717) is 29.1 Å². The average molecular weight is 436 g/mol. The number of amidine groups is 1. The summed E-state index contributed by atoms with van der Waals surface area (Å²) in [7, 11) is 0. The van der Waals surface area contributed by atoms with Gasteiger partial charge in [-0.25, -0.2) is 4.79 Å². The Hall–Kier alpha value is -4.65. The fraction of sp³-hybridized carbons (Fsp3) is 0.0385. The minimum absolute atomic E-state index is 0.0705. The molecule has 4 N–H and O–H groups in total. The first-order valence-corrected chi connectivity index (χ1v) is 10.3. The molecule has 0 saturated carbocycles. The van der Waals surface area contributed by atoms with Gasteiger partial charge in [-0.2, -0.15) is 0 Å². The van der Waals surface area contributed by atoms with Crippen LogP contribution in [0.15, 0.2) is 85.2 Å². The third kappa shape index (κ3) is 3.87. The summed E-state index contributed by atoms with van der Waals surface area (Å²) in [6.45, 7) is 0.303. The highest BCUT2D eigenvalue weighted by Crippen LogP contribution is 2.31. The van der Waals surface area contributed by atoms with Gasteiger partial charge >= 0.3 is 5.97 Å². The molecule has 0 radical (unpaired) electrons. The molecule has 0 atom stereocenters. The summed E-state index contributed by atoms with van der Waals surface area (Å²) in [4.78, 5) is 16.1. The predicted molar refractivity (Wildman–Crippen MR) is 127 cm³/mol. The van der Waals surface area contributed by atoms with Crippen LogP contribution in [-0.4, -0.2) is 26.5 Å². The van der Waals surface area contributed by atoms with Crippen molar-refractivity contribution < 1.29 is 14.6 Å². The number of nitrogens with zero attached hydrogens (tertiary/aromatic N) is 2. The maximum absolute atomic E-state index is 12.1. The summed E-state index contributed by atoms with van der Waals surface area (Å²) in [5.74, 6) is 0.151. The summed E-state index contributed by atoms with van der Waals surface area (Å²) < 4.78 is 7.77. The van der Waals surface area contributed by atoms with Crippen molar-refractivity contribution in [2.45, 2.75) is 6.54 Å². The Kier molecular flexibility index (Phi) is 4.99. The zero-order chi connectivity index (χ0) is 22.9. The van der Waals surface area contributed by atoms with Gasteiger partial charge < -0.3 is 20.1 Å². The molecule has 0 unspecified atom stereocenters. The van der Waals surface area contributed by atoms with Crippen LogP contribution in [0.3, 0.4) is 0 Å². The Bertz CT molecular complexity index is 1520. The van der Waals surface area contributed by atoms with E-state index in [1.165, 1.54) is 0 Å². The molecule has 33 heavy (non-hydrogen) atoms. The van der Waals surface area contributed by atoms with Gasteiger partial charge in [0.25, 0.3) is 0 Å². The van der Waals surface area contributed by atoms with Gasteiger partial charge in [-0.05, 0) is 52.7 Å². The highest BCUT2D eigenvalue weighted by Gasteiger charge is 2.17. The van der Waals surface area contributed by atoms with Crippen molar-refractivity contribution in [3.63, 3.8) is 0 Å². The lowest BCUT2D eigenvalue weighted by Crippen LogP contribution is -2.12. The zero-order valence-electron chi connectivity index (χ0n) is 17.5. The molecule has 0 aliphatic carbocycles.